The Kier molecular flexibility index (Phi) is 5.66. The first-order valence-electron chi connectivity index (χ1n) is 11.1. The van der Waals surface area contributed by atoms with Gasteiger partial charge in [0.05, 0.1) is 11.1 Å². The summed E-state index contributed by atoms with van der Waals surface area (Å²) in [6.07, 6.45) is 7.17. The fourth-order valence-electron chi connectivity index (χ4n) is 4.33. The van der Waals surface area contributed by atoms with Gasteiger partial charge in [0.2, 0.25) is 17.6 Å². The van der Waals surface area contributed by atoms with Crippen molar-refractivity contribution in [1.82, 2.24) is 24.6 Å². The summed E-state index contributed by atoms with van der Waals surface area (Å²) in [7, 11) is 0. The van der Waals surface area contributed by atoms with Crippen LogP contribution in [0.15, 0.2) is 42.9 Å². The molecule has 4 heterocycles. The molecule has 34 heavy (non-hydrogen) atoms. The van der Waals surface area contributed by atoms with Crippen LogP contribution < -0.4 is 16.0 Å². The van der Waals surface area contributed by atoms with Crippen LogP contribution in [0.1, 0.15) is 46.4 Å². The van der Waals surface area contributed by atoms with E-state index in [2.05, 4.69) is 25.9 Å². The minimum atomic E-state index is -0.973. The maximum atomic E-state index is 13.1. The van der Waals surface area contributed by atoms with Crippen LogP contribution in [-0.2, 0) is 9.59 Å². The molecule has 1 fully saturated rings. The molecule has 0 radical (unpaired) electrons. The highest BCUT2D eigenvalue weighted by molar-refractivity contribution is 6.25. The number of rotatable bonds is 8. The van der Waals surface area contributed by atoms with Crippen molar-refractivity contribution in [1.29, 1.82) is 0 Å². The summed E-state index contributed by atoms with van der Waals surface area (Å²) in [6, 6.07) is 5.96. The van der Waals surface area contributed by atoms with Crippen LogP contribution in [0.25, 0.3) is 5.78 Å². The molecule has 174 valence electrons. The van der Waals surface area contributed by atoms with E-state index in [0.717, 1.165) is 30.1 Å². The first-order chi connectivity index (χ1) is 16.5. The number of piperidine rings is 1. The molecular weight excluding hydrogens is 438 g/mol. The maximum Gasteiger partial charge on any atom is 0.264 e. The Balaban J connectivity index is 1.18. The third kappa shape index (κ3) is 3.85. The molecule has 2 aliphatic rings. The van der Waals surface area contributed by atoms with Crippen LogP contribution in [-0.4, -0.2) is 62.0 Å². The molecular formula is C23H23N7O4. The number of fused-ring (bicyclic) bond motifs is 2. The van der Waals surface area contributed by atoms with Gasteiger partial charge in [-0.15, -0.1) is 0 Å². The molecule has 4 amide bonds. The SMILES string of the molecule is O=C1CCC(N2C(=O)c3cccc(NCCCCNc4ccnc5nccn45)c3C2=O)C(=O)N1. The van der Waals surface area contributed by atoms with Gasteiger partial charge in [0.15, 0.2) is 0 Å². The number of nitrogens with zero attached hydrogens (tertiary/aromatic N) is 4. The summed E-state index contributed by atoms with van der Waals surface area (Å²) in [5, 5.41) is 8.83. The van der Waals surface area contributed by atoms with Gasteiger partial charge in [0.25, 0.3) is 11.8 Å². The van der Waals surface area contributed by atoms with Gasteiger partial charge in [-0.1, -0.05) is 6.07 Å². The lowest BCUT2D eigenvalue weighted by atomic mass is 10.0. The summed E-state index contributed by atoms with van der Waals surface area (Å²) in [4.78, 5) is 59.0. The zero-order chi connectivity index (χ0) is 23.7. The minimum Gasteiger partial charge on any atom is -0.384 e. The van der Waals surface area contributed by atoms with E-state index < -0.39 is 29.7 Å². The summed E-state index contributed by atoms with van der Waals surface area (Å²) in [5.41, 5.74) is 1.10. The predicted octanol–water partition coefficient (Wildman–Crippen LogP) is 1.43. The van der Waals surface area contributed by atoms with E-state index in [-0.39, 0.29) is 24.0 Å². The summed E-state index contributed by atoms with van der Waals surface area (Å²) in [5.74, 6) is -0.487. The fraction of sp³-hybridized carbons (Fsp3) is 0.304. The molecule has 0 spiro atoms. The predicted molar refractivity (Wildman–Crippen MR) is 122 cm³/mol. The van der Waals surface area contributed by atoms with Gasteiger partial charge >= 0.3 is 0 Å². The normalized spacial score (nSPS) is 17.8. The Morgan fingerprint density at radius 2 is 1.76 bits per heavy atom. The van der Waals surface area contributed by atoms with Crippen LogP contribution in [0, 0.1) is 0 Å². The van der Waals surface area contributed by atoms with Crippen LogP contribution in [0.2, 0.25) is 0 Å². The quantitative estimate of drug-likeness (QED) is 0.338. The zero-order valence-corrected chi connectivity index (χ0v) is 18.3. The van der Waals surface area contributed by atoms with Crippen LogP contribution in [0.5, 0.6) is 0 Å². The Morgan fingerprint density at radius 1 is 0.971 bits per heavy atom. The molecule has 2 aromatic heterocycles. The first kappa shape index (κ1) is 21.6. The number of benzene rings is 1. The largest absolute Gasteiger partial charge is 0.384 e. The molecule has 2 aliphatic heterocycles. The Morgan fingerprint density at radius 3 is 2.59 bits per heavy atom. The summed E-state index contributed by atoms with van der Waals surface area (Å²) < 4.78 is 1.88. The highest BCUT2D eigenvalue weighted by Crippen LogP contribution is 2.32. The second-order valence-electron chi connectivity index (χ2n) is 8.16. The lowest BCUT2D eigenvalue weighted by molar-refractivity contribution is -0.136. The second-order valence-corrected chi connectivity index (χ2v) is 8.16. The third-order valence-corrected chi connectivity index (χ3v) is 6.00. The molecule has 11 heteroatoms. The average Bonchev–Trinajstić information content (AvgIpc) is 3.41. The standard InChI is InChI=1S/C23H23N7O4/c31-18-7-6-16(20(32)28-18)30-21(33)14-4-3-5-15(19(14)22(30)34)24-9-1-2-10-25-17-8-11-26-23-27-12-13-29(17)23/h3-5,8,11-13,16,24-25H,1-2,6-7,9-10H2,(H,28,31,32). The molecule has 0 aliphatic carbocycles. The zero-order valence-electron chi connectivity index (χ0n) is 18.3. The molecule has 5 rings (SSSR count). The Hall–Kier alpha value is -4.28. The van der Waals surface area contributed by atoms with Crippen molar-refractivity contribution in [2.45, 2.75) is 31.7 Å². The molecule has 11 nitrogen and oxygen atoms in total. The van der Waals surface area contributed by atoms with E-state index in [1.165, 1.54) is 0 Å². The van der Waals surface area contributed by atoms with Crippen molar-refractivity contribution < 1.29 is 19.2 Å². The number of anilines is 2. The number of carbonyl (C=O) groups excluding carboxylic acids is 4. The van der Waals surface area contributed by atoms with E-state index in [1.807, 2.05) is 16.7 Å². The number of nitrogens with one attached hydrogen (secondary N) is 3. The van der Waals surface area contributed by atoms with Crippen molar-refractivity contribution in [2.24, 2.45) is 0 Å². The van der Waals surface area contributed by atoms with Gasteiger partial charge in [-0.25, -0.2) is 9.97 Å². The second kappa shape index (κ2) is 8.93. The number of imidazole rings is 1. The molecule has 1 saturated heterocycles. The average molecular weight is 461 g/mol. The Bertz CT molecular complexity index is 1300. The molecule has 0 saturated carbocycles. The van der Waals surface area contributed by atoms with Crippen LogP contribution in [0.3, 0.4) is 0 Å². The number of hydrogen-bond donors (Lipinski definition) is 3. The van der Waals surface area contributed by atoms with Crippen molar-refractivity contribution in [3.63, 3.8) is 0 Å². The Labute approximate surface area is 194 Å². The summed E-state index contributed by atoms with van der Waals surface area (Å²) >= 11 is 0. The molecule has 0 bridgehead atoms. The van der Waals surface area contributed by atoms with Gasteiger partial charge < -0.3 is 10.6 Å². The minimum absolute atomic E-state index is 0.0921. The number of hydrogen-bond acceptors (Lipinski definition) is 8. The first-order valence-corrected chi connectivity index (χ1v) is 11.1. The monoisotopic (exact) mass is 461 g/mol. The van der Waals surface area contributed by atoms with Crippen LogP contribution in [0.4, 0.5) is 11.5 Å². The molecule has 1 aromatic carbocycles. The number of imide groups is 2. The molecule has 1 atom stereocenters. The van der Waals surface area contributed by atoms with Crippen molar-refractivity contribution in [3.8, 4) is 0 Å². The van der Waals surface area contributed by atoms with Crippen molar-refractivity contribution >= 4 is 40.9 Å². The lowest BCUT2D eigenvalue weighted by Gasteiger charge is -2.27. The number of carbonyl (C=O) groups is 4. The highest BCUT2D eigenvalue weighted by Gasteiger charge is 2.45. The molecule has 3 aromatic rings. The topological polar surface area (TPSA) is 138 Å². The van der Waals surface area contributed by atoms with E-state index in [1.54, 1.807) is 30.6 Å². The van der Waals surface area contributed by atoms with E-state index >= 15 is 0 Å². The highest BCUT2D eigenvalue weighted by atomic mass is 16.2. The van der Waals surface area contributed by atoms with E-state index in [0.29, 0.717) is 18.0 Å². The maximum absolute atomic E-state index is 13.1. The van der Waals surface area contributed by atoms with Crippen molar-refractivity contribution in [3.05, 3.63) is 54.0 Å². The third-order valence-electron chi connectivity index (χ3n) is 6.00. The molecule has 1 unspecified atom stereocenters. The van der Waals surface area contributed by atoms with Gasteiger partial charge in [-0.05, 0) is 37.5 Å². The van der Waals surface area contributed by atoms with Crippen molar-refractivity contribution in [2.75, 3.05) is 23.7 Å². The number of unbranched alkanes of at least 4 members (excludes halogenated alkanes) is 1. The van der Waals surface area contributed by atoms with E-state index in [4.69, 9.17) is 0 Å². The van der Waals surface area contributed by atoms with E-state index in [9.17, 15) is 19.2 Å². The number of aromatic nitrogens is 3. The number of amides is 4. The molecule has 3 N–H and O–H groups in total. The van der Waals surface area contributed by atoms with Crippen LogP contribution >= 0.6 is 0 Å². The fourth-order valence-corrected chi connectivity index (χ4v) is 4.33. The lowest BCUT2D eigenvalue weighted by Crippen LogP contribution is -2.54. The smallest absolute Gasteiger partial charge is 0.264 e. The van der Waals surface area contributed by atoms with Gasteiger partial charge in [0.1, 0.15) is 11.9 Å². The van der Waals surface area contributed by atoms with Gasteiger partial charge in [-0.3, -0.25) is 33.8 Å². The van der Waals surface area contributed by atoms with Gasteiger partial charge in [-0.2, -0.15) is 0 Å². The summed E-state index contributed by atoms with van der Waals surface area (Å²) in [6.45, 7) is 1.35. The van der Waals surface area contributed by atoms with Gasteiger partial charge in [0, 0.05) is 43.8 Å².